The molecular formula is C17H19N2O5+. The average molecular weight is 331 g/mol. The van der Waals surface area contributed by atoms with E-state index in [0.29, 0.717) is 22.8 Å². The smallest absolute Gasteiger partial charge is 0.394 e. The van der Waals surface area contributed by atoms with E-state index in [1.807, 2.05) is 18.2 Å². The van der Waals surface area contributed by atoms with Crippen molar-refractivity contribution in [2.45, 2.75) is 0 Å². The van der Waals surface area contributed by atoms with E-state index >= 15 is 0 Å². The van der Waals surface area contributed by atoms with Crippen LogP contribution >= 0.6 is 0 Å². The molecule has 126 valence electrons. The van der Waals surface area contributed by atoms with Crippen molar-refractivity contribution in [3.8, 4) is 17.2 Å². The van der Waals surface area contributed by atoms with Crippen molar-refractivity contribution in [1.29, 1.82) is 0 Å². The van der Waals surface area contributed by atoms with E-state index in [-0.39, 0.29) is 12.4 Å². The van der Waals surface area contributed by atoms with E-state index < -0.39 is 5.97 Å². The largest absolute Gasteiger partial charge is 0.493 e. The maximum atomic E-state index is 11.7. The number of amidine groups is 1. The van der Waals surface area contributed by atoms with E-state index in [9.17, 15) is 4.79 Å². The highest BCUT2D eigenvalue weighted by molar-refractivity contribution is 5.93. The summed E-state index contributed by atoms with van der Waals surface area (Å²) in [5, 5.41) is 2.39. The number of nitrogens with two attached hydrogens (primary N) is 1. The van der Waals surface area contributed by atoms with Crippen LogP contribution in [0.4, 0.5) is 0 Å². The lowest BCUT2D eigenvalue weighted by Gasteiger charge is -2.07. The molecule has 0 aliphatic rings. The van der Waals surface area contributed by atoms with Gasteiger partial charge in [0.25, 0.3) is 0 Å². The molecule has 2 aromatic carbocycles. The summed E-state index contributed by atoms with van der Waals surface area (Å²) in [6.45, 7) is -0.240. The molecule has 0 atom stereocenters. The number of para-hydroxylation sites is 1. The number of ether oxygens (including phenoxy) is 3. The molecule has 0 spiro atoms. The Morgan fingerprint density at radius 1 is 1.04 bits per heavy atom. The molecule has 0 amide bonds. The molecule has 7 heteroatoms. The number of benzene rings is 2. The number of hydrogen-bond acceptors (Lipinski definition) is 5. The van der Waals surface area contributed by atoms with Crippen molar-refractivity contribution in [3.63, 3.8) is 0 Å². The number of carbonyl (C=O) groups excluding carboxylic acids is 1. The van der Waals surface area contributed by atoms with Gasteiger partial charge in [-0.2, -0.15) is 0 Å². The molecule has 0 aromatic heterocycles. The van der Waals surface area contributed by atoms with Gasteiger partial charge in [0, 0.05) is 0 Å². The molecule has 0 bridgehead atoms. The lowest BCUT2D eigenvalue weighted by Crippen LogP contribution is -2.76. The molecule has 0 aliphatic carbocycles. The maximum Gasteiger partial charge on any atom is 0.394 e. The molecule has 3 N–H and O–H groups in total. The SMILES string of the molecule is COc1ccc(C(N)=[NH+]OC(=O)COc2ccccc2)cc1OC. The molecule has 0 radical (unpaired) electrons. The maximum absolute atomic E-state index is 11.7. The summed E-state index contributed by atoms with van der Waals surface area (Å²) < 4.78 is 15.6. The molecule has 0 unspecified atom stereocenters. The highest BCUT2D eigenvalue weighted by atomic mass is 16.7. The van der Waals surface area contributed by atoms with Crippen molar-refractivity contribution in [1.82, 2.24) is 0 Å². The second-order valence-corrected chi connectivity index (χ2v) is 4.66. The molecule has 0 saturated heterocycles. The summed E-state index contributed by atoms with van der Waals surface area (Å²) >= 11 is 0. The third-order valence-corrected chi connectivity index (χ3v) is 3.07. The molecule has 0 fully saturated rings. The predicted octanol–water partition coefficient (Wildman–Crippen LogP) is 0.0269. The monoisotopic (exact) mass is 331 g/mol. The summed E-state index contributed by atoms with van der Waals surface area (Å²) in [6, 6.07) is 14.0. The first-order valence-corrected chi connectivity index (χ1v) is 7.12. The van der Waals surface area contributed by atoms with Crippen molar-refractivity contribution in [3.05, 3.63) is 54.1 Å². The Bertz CT molecular complexity index is 716. The Kier molecular flexibility index (Phi) is 6.01. The summed E-state index contributed by atoms with van der Waals surface area (Å²) in [5.41, 5.74) is 6.44. The second kappa shape index (κ2) is 8.42. The van der Waals surface area contributed by atoms with E-state index in [1.54, 1.807) is 30.3 Å². The Hall–Kier alpha value is -3.22. The van der Waals surface area contributed by atoms with E-state index in [4.69, 9.17) is 24.8 Å². The molecule has 0 saturated carbocycles. The highest BCUT2D eigenvalue weighted by Crippen LogP contribution is 2.26. The second-order valence-electron chi connectivity index (χ2n) is 4.66. The number of rotatable bonds is 7. The molecule has 2 rings (SSSR count). The fraction of sp³-hybridized carbons (Fsp3) is 0.176. The minimum Gasteiger partial charge on any atom is -0.493 e. The third-order valence-electron chi connectivity index (χ3n) is 3.07. The quantitative estimate of drug-likeness (QED) is 0.322. The number of hydrogen-bond donors (Lipinski definition) is 2. The standard InChI is InChI=1S/C17H18N2O5/c1-21-14-9-8-12(10-15(14)22-2)17(18)19-24-16(20)11-23-13-6-4-3-5-7-13/h3-10H,11H2,1-2H3,(H2,18,19)/p+1. The van der Waals surface area contributed by atoms with Crippen LogP contribution in [0, 0.1) is 0 Å². The average Bonchev–Trinajstić information content (AvgIpc) is 2.64. The van der Waals surface area contributed by atoms with E-state index in [2.05, 4.69) is 5.16 Å². The normalized spacial score (nSPS) is 10.8. The van der Waals surface area contributed by atoms with E-state index in [0.717, 1.165) is 0 Å². The van der Waals surface area contributed by atoms with Gasteiger partial charge in [-0.15, -0.1) is 0 Å². The lowest BCUT2D eigenvalue weighted by atomic mass is 10.2. The topological polar surface area (TPSA) is 94.0 Å². The van der Waals surface area contributed by atoms with Crippen LogP contribution in [-0.4, -0.2) is 32.6 Å². The molecule has 2 aromatic rings. The van der Waals surface area contributed by atoms with Crippen LogP contribution in [0.15, 0.2) is 48.5 Å². The fourth-order valence-electron chi connectivity index (χ4n) is 1.86. The van der Waals surface area contributed by atoms with Crippen LogP contribution in [0.2, 0.25) is 0 Å². The molecule has 24 heavy (non-hydrogen) atoms. The number of methoxy groups -OCH3 is 2. The van der Waals surface area contributed by atoms with Gasteiger partial charge in [-0.05, 0) is 30.3 Å². The van der Waals surface area contributed by atoms with Crippen molar-refractivity contribution >= 4 is 11.8 Å². The third kappa shape index (κ3) is 4.64. The summed E-state index contributed by atoms with van der Waals surface area (Å²) in [5.74, 6) is 1.21. The Labute approximate surface area is 139 Å². The van der Waals surface area contributed by atoms with Crippen LogP contribution in [0.1, 0.15) is 5.56 Å². The summed E-state index contributed by atoms with van der Waals surface area (Å²) in [4.78, 5) is 16.5. The number of carbonyl (C=O) groups is 1. The van der Waals surface area contributed by atoms with E-state index in [1.165, 1.54) is 14.2 Å². The molecule has 7 nitrogen and oxygen atoms in total. The van der Waals surface area contributed by atoms with Gasteiger partial charge in [0.05, 0.1) is 19.8 Å². The molecular weight excluding hydrogens is 312 g/mol. The van der Waals surface area contributed by atoms with Gasteiger partial charge in [-0.25, -0.2) is 4.79 Å². The van der Waals surface area contributed by atoms with Crippen LogP contribution in [-0.2, 0) is 9.63 Å². The highest BCUT2D eigenvalue weighted by Gasteiger charge is 2.12. The molecule has 0 aliphatic heterocycles. The zero-order chi connectivity index (χ0) is 17.4. The van der Waals surface area contributed by atoms with Gasteiger partial charge in [0.15, 0.2) is 18.1 Å². The Balaban J connectivity index is 1.94. The lowest BCUT2D eigenvalue weighted by molar-refractivity contribution is -0.724. The van der Waals surface area contributed by atoms with Gasteiger partial charge >= 0.3 is 11.8 Å². The predicted molar refractivity (Wildman–Crippen MR) is 86.8 cm³/mol. The zero-order valence-corrected chi connectivity index (χ0v) is 13.4. The van der Waals surface area contributed by atoms with Crippen LogP contribution in [0.25, 0.3) is 0 Å². The molecule has 0 heterocycles. The number of nitrogens with one attached hydrogen (secondary N) is 1. The van der Waals surface area contributed by atoms with Crippen molar-refractivity contribution < 1.29 is 29.0 Å². The first-order chi connectivity index (χ1) is 11.6. The van der Waals surface area contributed by atoms with Gasteiger partial charge in [-0.3, -0.25) is 10.6 Å². The minimum atomic E-state index is -0.609. The van der Waals surface area contributed by atoms with Gasteiger partial charge in [0.1, 0.15) is 5.75 Å². The van der Waals surface area contributed by atoms with Gasteiger partial charge < -0.3 is 14.2 Å². The minimum absolute atomic E-state index is 0.156. The number of nitrogen functional groups attached to an aromatic ring is 1. The summed E-state index contributed by atoms with van der Waals surface area (Å²) in [7, 11) is 3.06. The first-order valence-electron chi connectivity index (χ1n) is 7.12. The van der Waals surface area contributed by atoms with Crippen molar-refractivity contribution in [2.24, 2.45) is 5.73 Å². The first kappa shape index (κ1) is 17.1. The van der Waals surface area contributed by atoms with Crippen molar-refractivity contribution in [2.75, 3.05) is 20.8 Å². The fourth-order valence-corrected chi connectivity index (χ4v) is 1.86. The van der Waals surface area contributed by atoms with Gasteiger partial charge in [0.2, 0.25) is 0 Å². The van der Waals surface area contributed by atoms with Gasteiger partial charge in [-0.1, -0.05) is 23.4 Å². The van der Waals surface area contributed by atoms with Crippen LogP contribution in [0.3, 0.4) is 0 Å². The Morgan fingerprint density at radius 2 is 1.75 bits per heavy atom. The summed E-state index contributed by atoms with van der Waals surface area (Å²) in [6.07, 6.45) is 0. The van der Waals surface area contributed by atoms with Crippen LogP contribution < -0.4 is 25.1 Å². The zero-order valence-electron chi connectivity index (χ0n) is 13.4. The van der Waals surface area contributed by atoms with Crippen LogP contribution in [0.5, 0.6) is 17.2 Å². The Morgan fingerprint density at radius 3 is 2.42 bits per heavy atom.